The van der Waals surface area contributed by atoms with E-state index in [0.717, 1.165) is 44.2 Å². The summed E-state index contributed by atoms with van der Waals surface area (Å²) in [6.45, 7) is 6.87. The summed E-state index contributed by atoms with van der Waals surface area (Å²) >= 11 is 6.88. The summed E-state index contributed by atoms with van der Waals surface area (Å²) in [4.78, 5) is 23.0. The third-order valence-electron chi connectivity index (χ3n) is 8.25. The highest BCUT2D eigenvalue weighted by molar-refractivity contribution is 9.10. The quantitative estimate of drug-likeness (QED) is 0.128. The van der Waals surface area contributed by atoms with Gasteiger partial charge in [0.2, 0.25) is 0 Å². The number of halogens is 2. The van der Waals surface area contributed by atoms with Gasteiger partial charge in [-0.05, 0) is 97.0 Å². The van der Waals surface area contributed by atoms with Crippen molar-refractivity contribution in [1.82, 2.24) is 0 Å². The first-order valence-corrected chi connectivity index (χ1v) is 18.5. The Morgan fingerprint density at radius 3 is 1.98 bits per heavy atom. The fraction of sp³-hybridized carbons (Fsp3) is 0.273. The van der Waals surface area contributed by atoms with E-state index in [1.54, 1.807) is 26.0 Å². The predicted molar refractivity (Wildman–Crippen MR) is 216 cm³/mol. The number of methoxy groups -OCH3 is 2. The fourth-order valence-corrected chi connectivity index (χ4v) is 6.34. The molecule has 2 N–H and O–H groups in total. The lowest BCUT2D eigenvalue weighted by Crippen LogP contribution is -2.16. The molecule has 0 saturated carbocycles. The van der Waals surface area contributed by atoms with Crippen LogP contribution in [-0.2, 0) is 32.1 Å². The monoisotopic (exact) mass is 842 g/mol. The maximum absolute atomic E-state index is 11.7. The van der Waals surface area contributed by atoms with Crippen LogP contribution in [0.1, 0.15) is 84.4 Å². The Labute approximate surface area is 329 Å². The van der Waals surface area contributed by atoms with Crippen LogP contribution in [0.15, 0.2) is 100 Å². The number of phenols is 1. The van der Waals surface area contributed by atoms with Gasteiger partial charge in [-0.3, -0.25) is 9.59 Å². The molecule has 0 saturated heterocycles. The number of carbonyl (C=O) groups is 2. The molecule has 5 rings (SSSR count). The van der Waals surface area contributed by atoms with Crippen molar-refractivity contribution in [2.24, 2.45) is 0 Å². The largest absolute Gasteiger partial charge is 0.508 e. The van der Waals surface area contributed by atoms with Gasteiger partial charge in [-0.25, -0.2) is 0 Å². The summed E-state index contributed by atoms with van der Waals surface area (Å²) in [5.41, 5.74) is 5.71. The topological polar surface area (TPSA) is 102 Å². The minimum absolute atomic E-state index is 0.0301. The number of esters is 2. The molecule has 1 aliphatic heterocycles. The van der Waals surface area contributed by atoms with Crippen LogP contribution in [-0.4, -0.2) is 36.4 Å². The number of fused-ring (bicyclic) bond motifs is 1. The van der Waals surface area contributed by atoms with Gasteiger partial charge in [0.15, 0.2) is 0 Å². The van der Waals surface area contributed by atoms with E-state index in [1.165, 1.54) is 31.4 Å². The summed E-state index contributed by atoms with van der Waals surface area (Å²) < 4.78 is 17.8. The van der Waals surface area contributed by atoms with Gasteiger partial charge in [0.05, 0.1) is 45.5 Å². The Morgan fingerprint density at radius 1 is 0.868 bits per heavy atom. The molecule has 276 valence electrons. The Morgan fingerprint density at radius 2 is 1.45 bits per heavy atom. The highest BCUT2D eigenvalue weighted by Gasteiger charge is 2.23. The van der Waals surface area contributed by atoms with Gasteiger partial charge in [-0.15, -0.1) is 11.8 Å². The SMILES string of the molecule is C=Cc1cccc(Br)c1.CC#CC(CC(=O)OC)c1ccc(O)c(CO)c1.CC#CC(CC(=O)OC)c1ccc2c(c1)CCC(c1cccc(Br)c1)O2. The molecule has 3 unspecified atom stereocenters. The number of carbonyl (C=O) groups excluding carboxylic acids is 2. The van der Waals surface area contributed by atoms with Gasteiger partial charge < -0.3 is 24.4 Å². The third-order valence-corrected chi connectivity index (χ3v) is 9.23. The van der Waals surface area contributed by atoms with E-state index in [-0.39, 0.29) is 55.1 Å². The summed E-state index contributed by atoms with van der Waals surface area (Å²) in [6.07, 6.45) is 4.15. The summed E-state index contributed by atoms with van der Waals surface area (Å²) in [5.74, 6) is 11.6. The normalized spacial score (nSPS) is 13.5. The summed E-state index contributed by atoms with van der Waals surface area (Å²) in [7, 11) is 2.73. The molecular weight excluding hydrogens is 800 g/mol. The van der Waals surface area contributed by atoms with Gasteiger partial charge in [0, 0.05) is 14.5 Å². The van der Waals surface area contributed by atoms with Crippen LogP contribution in [0.4, 0.5) is 0 Å². The predicted octanol–water partition coefficient (Wildman–Crippen LogP) is 9.83. The average Bonchev–Trinajstić information content (AvgIpc) is 3.17. The van der Waals surface area contributed by atoms with E-state index in [4.69, 9.17) is 14.6 Å². The zero-order chi connectivity index (χ0) is 38.8. The second-order valence-electron chi connectivity index (χ2n) is 11.8. The smallest absolute Gasteiger partial charge is 0.307 e. The molecule has 9 heteroatoms. The van der Waals surface area contributed by atoms with Crippen LogP contribution in [0.5, 0.6) is 11.5 Å². The van der Waals surface area contributed by atoms with Crippen LogP contribution in [0.25, 0.3) is 6.08 Å². The third kappa shape index (κ3) is 13.6. The number of benzene rings is 4. The van der Waals surface area contributed by atoms with Gasteiger partial charge in [0.1, 0.15) is 17.6 Å². The van der Waals surface area contributed by atoms with Crippen molar-refractivity contribution in [1.29, 1.82) is 0 Å². The van der Waals surface area contributed by atoms with Crippen molar-refractivity contribution in [2.75, 3.05) is 14.2 Å². The molecule has 0 fully saturated rings. The first-order valence-electron chi connectivity index (χ1n) is 16.9. The maximum atomic E-state index is 11.7. The maximum Gasteiger partial charge on any atom is 0.307 e. The van der Waals surface area contributed by atoms with Crippen LogP contribution in [0.3, 0.4) is 0 Å². The second kappa shape index (κ2) is 22.3. The molecule has 4 aromatic carbocycles. The minimum atomic E-state index is -0.346. The highest BCUT2D eigenvalue weighted by Crippen LogP contribution is 2.37. The van der Waals surface area contributed by atoms with Crippen molar-refractivity contribution in [3.8, 4) is 35.2 Å². The van der Waals surface area contributed by atoms with Gasteiger partial charge >= 0.3 is 11.9 Å². The van der Waals surface area contributed by atoms with Gasteiger partial charge in [0.25, 0.3) is 0 Å². The lowest BCUT2D eigenvalue weighted by molar-refractivity contribution is -0.141. The average molecular weight is 845 g/mol. The summed E-state index contributed by atoms with van der Waals surface area (Å²) in [6, 6.07) is 27.2. The van der Waals surface area contributed by atoms with Crippen molar-refractivity contribution in [3.05, 3.63) is 134 Å². The van der Waals surface area contributed by atoms with Crippen LogP contribution >= 0.6 is 31.9 Å². The number of aromatic hydroxyl groups is 1. The number of rotatable bonds is 9. The molecule has 3 atom stereocenters. The van der Waals surface area contributed by atoms with E-state index in [2.05, 4.69) is 85.1 Å². The lowest BCUT2D eigenvalue weighted by atomic mass is 9.91. The van der Waals surface area contributed by atoms with Crippen LogP contribution < -0.4 is 4.74 Å². The van der Waals surface area contributed by atoms with E-state index < -0.39 is 0 Å². The van der Waals surface area contributed by atoms with Crippen LogP contribution in [0, 0.1) is 23.7 Å². The Hall–Kier alpha value is -4.80. The number of hydrogen-bond acceptors (Lipinski definition) is 7. The Kier molecular flexibility index (Phi) is 17.9. The molecule has 4 aromatic rings. The molecule has 0 aliphatic carbocycles. The Bertz CT molecular complexity index is 1980. The van der Waals surface area contributed by atoms with Crippen molar-refractivity contribution >= 4 is 49.9 Å². The molecule has 0 radical (unpaired) electrons. The van der Waals surface area contributed by atoms with Crippen molar-refractivity contribution in [2.45, 2.75) is 64.1 Å². The standard InChI is InChI=1S/C22H21BrO3.C14H16O4.C8H7Br/c1-3-5-15(14-22(24)25-2)16-8-10-21-18(12-16)9-11-20(26-21)17-6-4-7-19(23)13-17;1-3-4-10(8-14(17)18-2)11-5-6-13(16)12(7-11)9-15;1-2-7-4-3-5-8(9)6-7/h4,6-8,10,12-13,15,20H,9,11,14H2,1-2H3;5-7,10,15-16H,8-9H2,1-2H3;2-6H,1H2. The number of aliphatic hydroxyl groups excluding tert-OH is 1. The van der Waals surface area contributed by atoms with Gasteiger partial charge in [-0.2, -0.15) is 0 Å². The zero-order valence-corrected chi connectivity index (χ0v) is 33.5. The van der Waals surface area contributed by atoms with E-state index in [1.807, 2.05) is 54.6 Å². The molecule has 53 heavy (non-hydrogen) atoms. The van der Waals surface area contributed by atoms with Crippen molar-refractivity contribution < 1.29 is 34.0 Å². The van der Waals surface area contributed by atoms with Gasteiger partial charge in [-0.1, -0.05) is 98.8 Å². The van der Waals surface area contributed by atoms with Crippen LogP contribution in [0.2, 0.25) is 0 Å². The first-order chi connectivity index (χ1) is 25.5. The molecule has 0 aromatic heterocycles. The van der Waals surface area contributed by atoms with E-state index >= 15 is 0 Å². The fourth-order valence-electron chi connectivity index (χ4n) is 5.50. The molecular formula is C44H44Br2O7. The number of aliphatic hydroxyl groups is 1. The number of aryl methyl sites for hydroxylation is 1. The number of hydrogen-bond donors (Lipinski definition) is 2. The summed E-state index contributed by atoms with van der Waals surface area (Å²) in [5, 5.41) is 18.6. The minimum Gasteiger partial charge on any atom is -0.508 e. The zero-order valence-electron chi connectivity index (χ0n) is 30.3. The first kappa shape index (κ1) is 42.6. The highest BCUT2D eigenvalue weighted by atomic mass is 79.9. The lowest BCUT2D eigenvalue weighted by Gasteiger charge is -2.27. The molecule has 7 nitrogen and oxygen atoms in total. The molecule has 0 amide bonds. The molecule has 1 heterocycles. The molecule has 0 spiro atoms. The van der Waals surface area contributed by atoms with E-state index in [0.29, 0.717) is 5.56 Å². The Balaban J connectivity index is 0.000000241. The second-order valence-corrected chi connectivity index (χ2v) is 13.7. The number of ether oxygens (including phenoxy) is 3. The molecule has 0 bridgehead atoms. The van der Waals surface area contributed by atoms with E-state index in [9.17, 15) is 14.7 Å². The molecule has 1 aliphatic rings. The van der Waals surface area contributed by atoms with Crippen molar-refractivity contribution in [3.63, 3.8) is 0 Å².